The van der Waals surface area contributed by atoms with E-state index in [2.05, 4.69) is 25.1 Å². The van der Waals surface area contributed by atoms with Gasteiger partial charge in [-0.1, -0.05) is 36.0 Å². The van der Waals surface area contributed by atoms with E-state index in [9.17, 15) is 22.8 Å². The summed E-state index contributed by atoms with van der Waals surface area (Å²) in [6, 6.07) is 17.1. The smallest absolute Gasteiger partial charge is 0.486 e. The predicted molar refractivity (Wildman–Crippen MR) is 171 cm³/mol. The quantitative estimate of drug-likeness (QED) is 0.221. The molecule has 1 N–H and O–H groups in total. The van der Waals surface area contributed by atoms with Gasteiger partial charge in [0.1, 0.15) is 23.4 Å². The average molecular weight is 651 g/mol. The lowest BCUT2D eigenvalue weighted by molar-refractivity contribution is -0.274. The molecule has 1 saturated heterocycles. The highest BCUT2D eigenvalue weighted by molar-refractivity contribution is 8.15. The molecule has 46 heavy (non-hydrogen) atoms. The second-order valence-corrected chi connectivity index (χ2v) is 12.0. The lowest BCUT2D eigenvalue weighted by Crippen LogP contribution is -2.32. The summed E-state index contributed by atoms with van der Waals surface area (Å²) in [7, 11) is 0. The largest absolute Gasteiger partial charge is 0.573 e. The number of alkyl halides is 3. The summed E-state index contributed by atoms with van der Waals surface area (Å²) in [6.07, 6.45) is 0.110. The van der Waals surface area contributed by atoms with E-state index in [0.717, 1.165) is 11.1 Å². The third-order valence-corrected chi connectivity index (χ3v) is 7.09. The number of rotatable bonds is 7. The molecule has 0 aliphatic carbocycles. The molecule has 238 valence electrons. The van der Waals surface area contributed by atoms with Crippen LogP contribution in [0.1, 0.15) is 37.7 Å². The van der Waals surface area contributed by atoms with Crippen LogP contribution in [-0.4, -0.2) is 49.6 Å². The Kier molecular flexibility index (Phi) is 9.19. The summed E-state index contributed by atoms with van der Waals surface area (Å²) < 4.78 is 48.6. The summed E-state index contributed by atoms with van der Waals surface area (Å²) in [6.45, 7) is 7.65. The minimum absolute atomic E-state index is 0.145. The molecule has 1 aliphatic heterocycles. The highest BCUT2D eigenvalue weighted by Gasteiger charge is 2.33. The summed E-state index contributed by atoms with van der Waals surface area (Å²) in [5.74, 6) is 0.500. The molecule has 4 aromatic rings. The number of benzene rings is 3. The first kappa shape index (κ1) is 32.3. The first-order chi connectivity index (χ1) is 21.7. The standard InChI is InChI=1S/C32H29F3N6O4S/c1-20-5-15-26(45-31(2,3)4)25(17-20)41-28(42)18-46-30(41)38-29(43)37-22-9-6-21(7-10-22)8-16-27-36-19-40(39-27)23-11-13-24(14-12-23)44-32(33,34)35/h5-17,19H,18H2,1-4H3,(H,37,43). The number of aliphatic imine (C=N–C) groups is 1. The van der Waals surface area contributed by atoms with Gasteiger partial charge in [-0.2, -0.15) is 4.99 Å². The molecule has 1 aliphatic rings. The number of carbonyl (C=O) groups is 2. The number of amides is 3. The van der Waals surface area contributed by atoms with Crippen molar-refractivity contribution in [3.8, 4) is 17.2 Å². The number of urea groups is 1. The van der Waals surface area contributed by atoms with Gasteiger partial charge in [0.25, 0.3) is 0 Å². The molecule has 0 unspecified atom stereocenters. The van der Waals surface area contributed by atoms with Gasteiger partial charge in [-0.3, -0.25) is 9.69 Å². The summed E-state index contributed by atoms with van der Waals surface area (Å²) in [5, 5.41) is 7.29. The average Bonchev–Trinajstić information content (AvgIpc) is 3.59. The SMILES string of the molecule is Cc1ccc(OC(C)(C)C)c(N2C(=O)CSC2=NC(=O)Nc2ccc(C=Cc3ncn(-c4ccc(OC(F)(F)F)cc4)n3)cc2)c1. The molecule has 2 heterocycles. The number of hydrogen-bond acceptors (Lipinski definition) is 7. The van der Waals surface area contributed by atoms with Gasteiger partial charge in [-0.05, 0) is 93.4 Å². The Morgan fingerprint density at radius 1 is 1.00 bits per heavy atom. The molecule has 0 saturated carbocycles. The number of anilines is 2. The van der Waals surface area contributed by atoms with Crippen molar-refractivity contribution in [2.75, 3.05) is 16.0 Å². The predicted octanol–water partition coefficient (Wildman–Crippen LogP) is 7.49. The highest BCUT2D eigenvalue weighted by Crippen LogP contribution is 2.37. The molecule has 3 aromatic carbocycles. The van der Waals surface area contributed by atoms with Crippen LogP contribution in [0.25, 0.3) is 17.8 Å². The molecule has 3 amide bonds. The van der Waals surface area contributed by atoms with E-state index in [0.29, 0.717) is 28.6 Å². The zero-order valence-electron chi connectivity index (χ0n) is 25.2. The maximum Gasteiger partial charge on any atom is 0.573 e. The van der Waals surface area contributed by atoms with E-state index < -0.39 is 18.0 Å². The van der Waals surface area contributed by atoms with Gasteiger partial charge in [0.05, 0.1) is 17.1 Å². The fraction of sp³-hybridized carbons (Fsp3) is 0.219. The van der Waals surface area contributed by atoms with Gasteiger partial charge in [0.15, 0.2) is 11.0 Å². The minimum Gasteiger partial charge on any atom is -0.486 e. The van der Waals surface area contributed by atoms with E-state index >= 15 is 0 Å². The lowest BCUT2D eigenvalue weighted by Gasteiger charge is -2.26. The molecule has 0 atom stereocenters. The van der Waals surface area contributed by atoms with Crippen molar-refractivity contribution >= 4 is 52.4 Å². The summed E-state index contributed by atoms with van der Waals surface area (Å²) in [4.78, 5) is 35.5. The maximum absolute atomic E-state index is 12.9. The molecule has 14 heteroatoms. The molecular formula is C32H29F3N6O4S. The number of carbonyl (C=O) groups excluding carboxylic acids is 2. The van der Waals surface area contributed by atoms with E-state index in [4.69, 9.17) is 4.74 Å². The fourth-order valence-electron chi connectivity index (χ4n) is 4.26. The van der Waals surface area contributed by atoms with E-state index in [1.807, 2.05) is 39.8 Å². The van der Waals surface area contributed by atoms with E-state index in [-0.39, 0.29) is 22.6 Å². The Morgan fingerprint density at radius 3 is 2.39 bits per heavy atom. The number of halogens is 3. The highest BCUT2D eigenvalue weighted by atomic mass is 32.2. The van der Waals surface area contributed by atoms with Gasteiger partial charge in [0.2, 0.25) is 5.91 Å². The van der Waals surface area contributed by atoms with Crippen molar-refractivity contribution in [2.24, 2.45) is 4.99 Å². The van der Waals surface area contributed by atoms with Crippen LogP contribution >= 0.6 is 11.8 Å². The van der Waals surface area contributed by atoms with Gasteiger partial charge >= 0.3 is 12.4 Å². The zero-order chi connectivity index (χ0) is 33.1. The van der Waals surface area contributed by atoms with Crippen LogP contribution in [0.15, 0.2) is 78.0 Å². The Bertz CT molecular complexity index is 1800. The molecule has 1 fully saturated rings. The normalized spacial score (nSPS) is 14.7. The van der Waals surface area contributed by atoms with Crippen molar-refractivity contribution in [3.63, 3.8) is 0 Å². The monoisotopic (exact) mass is 650 g/mol. The Labute approximate surface area is 266 Å². The number of aryl methyl sites for hydroxylation is 1. The van der Waals surface area contributed by atoms with Gasteiger partial charge in [-0.25, -0.2) is 14.5 Å². The molecule has 0 spiro atoms. The first-order valence-electron chi connectivity index (χ1n) is 13.9. The van der Waals surface area contributed by atoms with Crippen LogP contribution in [0.5, 0.6) is 11.5 Å². The number of nitrogens with zero attached hydrogens (tertiary/aromatic N) is 5. The number of thioether (sulfide) groups is 1. The molecule has 1 aromatic heterocycles. The van der Waals surface area contributed by atoms with Crippen molar-refractivity contribution in [1.29, 1.82) is 0 Å². The fourth-order valence-corrected chi connectivity index (χ4v) is 5.12. The second-order valence-electron chi connectivity index (χ2n) is 11.1. The van der Waals surface area contributed by atoms with Crippen LogP contribution in [0.4, 0.5) is 29.3 Å². The Balaban J connectivity index is 1.22. The van der Waals surface area contributed by atoms with Crippen molar-refractivity contribution in [3.05, 3.63) is 90.0 Å². The number of amidine groups is 1. The third-order valence-electron chi connectivity index (χ3n) is 6.17. The van der Waals surface area contributed by atoms with Crippen LogP contribution in [0.2, 0.25) is 0 Å². The Morgan fingerprint density at radius 2 is 1.72 bits per heavy atom. The van der Waals surface area contributed by atoms with Gasteiger partial charge < -0.3 is 14.8 Å². The molecule has 10 nitrogen and oxygen atoms in total. The van der Waals surface area contributed by atoms with Crippen molar-refractivity contribution in [1.82, 2.24) is 14.8 Å². The lowest BCUT2D eigenvalue weighted by atomic mass is 10.1. The van der Waals surface area contributed by atoms with Crippen LogP contribution in [-0.2, 0) is 4.79 Å². The molecule has 5 rings (SSSR count). The van der Waals surface area contributed by atoms with Crippen LogP contribution in [0.3, 0.4) is 0 Å². The molecule has 0 radical (unpaired) electrons. The topological polar surface area (TPSA) is 111 Å². The van der Waals surface area contributed by atoms with Crippen molar-refractivity contribution in [2.45, 2.75) is 39.7 Å². The van der Waals surface area contributed by atoms with Gasteiger partial charge in [0, 0.05) is 5.69 Å². The molecular weight excluding hydrogens is 621 g/mol. The zero-order valence-corrected chi connectivity index (χ0v) is 26.0. The minimum atomic E-state index is -4.77. The number of ether oxygens (including phenoxy) is 2. The van der Waals surface area contributed by atoms with E-state index in [1.54, 1.807) is 42.5 Å². The van der Waals surface area contributed by atoms with E-state index in [1.165, 1.54) is 51.9 Å². The van der Waals surface area contributed by atoms with Crippen molar-refractivity contribution < 1.29 is 32.2 Å². The number of hydrogen-bond donors (Lipinski definition) is 1. The Hall–Kier alpha value is -5.11. The number of aromatic nitrogens is 3. The van der Waals surface area contributed by atoms with Gasteiger partial charge in [-0.15, -0.1) is 18.3 Å². The second kappa shape index (κ2) is 13.1. The van der Waals surface area contributed by atoms with Crippen LogP contribution < -0.4 is 19.7 Å². The first-order valence-corrected chi connectivity index (χ1v) is 14.9. The molecule has 0 bridgehead atoms. The summed E-state index contributed by atoms with van der Waals surface area (Å²) in [5.41, 5.74) is 2.76. The third kappa shape index (κ3) is 8.53. The number of nitrogens with one attached hydrogen (secondary N) is 1. The maximum atomic E-state index is 12.9. The van der Waals surface area contributed by atoms with Crippen LogP contribution in [0, 0.1) is 6.92 Å². The summed E-state index contributed by atoms with van der Waals surface area (Å²) >= 11 is 1.18.